The third-order valence-corrected chi connectivity index (χ3v) is 13.0. The number of hydrogen-bond acceptors (Lipinski definition) is 5. The number of nitrogens with zero attached hydrogens (tertiary/aromatic N) is 3. The van der Waals surface area contributed by atoms with E-state index < -0.39 is 0 Å². The molecule has 0 aliphatic carbocycles. The van der Waals surface area contributed by atoms with E-state index in [2.05, 4.69) is 164 Å². The molecule has 0 saturated heterocycles. The van der Waals surface area contributed by atoms with Crippen molar-refractivity contribution in [3.63, 3.8) is 0 Å². The van der Waals surface area contributed by atoms with Crippen molar-refractivity contribution in [3.8, 4) is 67.5 Å². The van der Waals surface area contributed by atoms with E-state index in [4.69, 9.17) is 15.0 Å². The maximum Gasteiger partial charge on any atom is 0.164 e. The van der Waals surface area contributed by atoms with Gasteiger partial charge in [0.1, 0.15) is 0 Å². The van der Waals surface area contributed by atoms with Crippen LogP contribution in [0.2, 0.25) is 0 Å². The molecule has 0 unspecified atom stereocenters. The zero-order chi connectivity index (χ0) is 37.0. The zero-order valence-electron chi connectivity index (χ0n) is 30.1. The Bertz CT molecular complexity index is 3220. The minimum Gasteiger partial charge on any atom is -0.208 e. The first-order valence-corrected chi connectivity index (χ1v) is 20.3. The summed E-state index contributed by atoms with van der Waals surface area (Å²) in [6.07, 6.45) is 0. The zero-order valence-corrected chi connectivity index (χ0v) is 31.7. The Morgan fingerprint density at radius 1 is 0.286 bits per heavy atom. The maximum atomic E-state index is 5.10. The van der Waals surface area contributed by atoms with Crippen LogP contribution in [0.15, 0.2) is 188 Å². The average Bonchev–Trinajstić information content (AvgIpc) is 3.86. The molecule has 0 bridgehead atoms. The van der Waals surface area contributed by atoms with E-state index in [0.717, 1.165) is 22.3 Å². The number of aromatic nitrogens is 3. The van der Waals surface area contributed by atoms with Crippen LogP contribution in [-0.2, 0) is 0 Å². The molecule has 0 amide bonds. The van der Waals surface area contributed by atoms with E-state index in [9.17, 15) is 0 Å². The molecule has 0 spiro atoms. The summed E-state index contributed by atoms with van der Waals surface area (Å²) in [4.78, 5) is 15.2. The topological polar surface area (TPSA) is 38.7 Å². The van der Waals surface area contributed by atoms with Crippen LogP contribution in [0.5, 0.6) is 0 Å². The first-order valence-electron chi connectivity index (χ1n) is 18.7. The van der Waals surface area contributed by atoms with Gasteiger partial charge in [0.25, 0.3) is 0 Å². The van der Waals surface area contributed by atoms with Crippen LogP contribution in [0.1, 0.15) is 0 Å². The summed E-state index contributed by atoms with van der Waals surface area (Å²) in [5, 5.41) is 5.11. The van der Waals surface area contributed by atoms with Crippen LogP contribution in [0.25, 0.3) is 108 Å². The van der Waals surface area contributed by atoms with E-state index in [0.29, 0.717) is 17.5 Å². The predicted octanol–water partition coefficient (Wildman–Crippen LogP) is 14.6. The second-order valence-corrected chi connectivity index (χ2v) is 16.0. The normalized spacial score (nSPS) is 11.6. The summed E-state index contributed by atoms with van der Waals surface area (Å²) in [5.74, 6) is 1.96. The Hall–Kier alpha value is -6.79. The lowest BCUT2D eigenvalue weighted by molar-refractivity contribution is 1.07. The third-order valence-electron chi connectivity index (χ3n) is 10.6. The van der Waals surface area contributed by atoms with Crippen molar-refractivity contribution in [2.75, 3.05) is 0 Å². The van der Waals surface area contributed by atoms with Crippen molar-refractivity contribution in [3.05, 3.63) is 188 Å². The van der Waals surface area contributed by atoms with Gasteiger partial charge in [-0.2, -0.15) is 0 Å². The molecule has 0 aliphatic rings. The molecule has 0 aliphatic heterocycles. The number of hydrogen-bond donors (Lipinski definition) is 0. The number of thiophene rings is 2. The fourth-order valence-corrected chi connectivity index (χ4v) is 10.4. The SMILES string of the molecule is c1ccc(-c2ccc(-c3nc(-c4ccccc4)nc(-c4ccc5c(c4)sc4c(-c6ccc(-c7ccccc7)c7sc8ccccc8c67)cccc45)n3)cc2)cc1. The molecule has 8 aromatic carbocycles. The minimum absolute atomic E-state index is 0.651. The van der Waals surface area contributed by atoms with Crippen molar-refractivity contribution >= 4 is 63.0 Å². The standard InChI is InChI=1S/C51H31N3S2/c1-4-13-32(14-5-1)33-23-25-36(26-24-33)50-52-49(35-17-8-3-9-18-35)53-51(54-50)37-27-28-39-41-20-12-21-42(47(41)56-45(39)31-37)40-30-29-38(34-15-6-2-7-16-34)48-46(40)43-19-10-11-22-44(43)55-48/h1-31H. The average molecular weight is 750 g/mol. The van der Waals surface area contributed by atoms with Gasteiger partial charge in [-0.15, -0.1) is 22.7 Å². The van der Waals surface area contributed by atoms with E-state index >= 15 is 0 Å². The Kier molecular flexibility index (Phi) is 7.87. The van der Waals surface area contributed by atoms with E-state index in [1.54, 1.807) is 0 Å². The van der Waals surface area contributed by atoms with Crippen LogP contribution in [0.4, 0.5) is 0 Å². The van der Waals surface area contributed by atoms with Gasteiger partial charge in [-0.05, 0) is 39.9 Å². The number of rotatable bonds is 6. The number of benzene rings is 8. The Labute approximate surface area is 331 Å². The van der Waals surface area contributed by atoms with Gasteiger partial charge in [0.05, 0.1) is 0 Å². The third kappa shape index (κ3) is 5.60. The Balaban J connectivity index is 1.06. The van der Waals surface area contributed by atoms with Crippen molar-refractivity contribution in [2.24, 2.45) is 0 Å². The highest BCUT2D eigenvalue weighted by molar-refractivity contribution is 7.27. The molecule has 11 rings (SSSR count). The molecule has 0 atom stereocenters. The lowest BCUT2D eigenvalue weighted by atomic mass is 9.94. The summed E-state index contributed by atoms with van der Waals surface area (Å²) in [6, 6.07) is 66.7. The van der Waals surface area contributed by atoms with Crippen LogP contribution >= 0.6 is 22.7 Å². The van der Waals surface area contributed by atoms with Gasteiger partial charge in [0, 0.05) is 62.6 Å². The molecule has 0 fully saturated rings. The molecule has 56 heavy (non-hydrogen) atoms. The van der Waals surface area contributed by atoms with Crippen LogP contribution in [0.3, 0.4) is 0 Å². The quantitative estimate of drug-likeness (QED) is 0.170. The monoisotopic (exact) mass is 749 g/mol. The number of fused-ring (bicyclic) bond motifs is 6. The van der Waals surface area contributed by atoms with Gasteiger partial charge >= 0.3 is 0 Å². The molecule has 0 radical (unpaired) electrons. The van der Waals surface area contributed by atoms with Gasteiger partial charge in [-0.25, -0.2) is 15.0 Å². The second kappa shape index (κ2) is 13.5. The van der Waals surface area contributed by atoms with Crippen LogP contribution < -0.4 is 0 Å². The smallest absolute Gasteiger partial charge is 0.164 e. The van der Waals surface area contributed by atoms with Gasteiger partial charge in [-0.3, -0.25) is 0 Å². The summed E-state index contributed by atoms with van der Waals surface area (Å²) in [5.41, 5.74) is 10.2. The van der Waals surface area contributed by atoms with Gasteiger partial charge < -0.3 is 0 Å². The molecule has 11 aromatic rings. The molecule has 5 heteroatoms. The fraction of sp³-hybridized carbons (Fsp3) is 0. The Morgan fingerprint density at radius 2 is 0.804 bits per heavy atom. The fourth-order valence-electron chi connectivity index (χ4n) is 7.84. The van der Waals surface area contributed by atoms with Crippen LogP contribution in [-0.4, -0.2) is 15.0 Å². The van der Waals surface area contributed by atoms with Crippen molar-refractivity contribution in [1.82, 2.24) is 15.0 Å². The first kappa shape index (κ1) is 32.6. The van der Waals surface area contributed by atoms with Crippen LogP contribution in [0, 0.1) is 0 Å². The molecule has 0 N–H and O–H groups in total. The van der Waals surface area contributed by atoms with E-state index in [1.807, 2.05) is 46.9 Å². The highest BCUT2D eigenvalue weighted by Gasteiger charge is 2.19. The van der Waals surface area contributed by atoms with Crippen molar-refractivity contribution in [2.45, 2.75) is 0 Å². The van der Waals surface area contributed by atoms with Crippen molar-refractivity contribution < 1.29 is 0 Å². The summed E-state index contributed by atoms with van der Waals surface area (Å²) in [7, 11) is 0. The van der Waals surface area contributed by atoms with E-state index in [1.165, 1.54) is 68.2 Å². The summed E-state index contributed by atoms with van der Waals surface area (Å²) < 4.78 is 5.11. The van der Waals surface area contributed by atoms with Gasteiger partial charge in [0.15, 0.2) is 17.5 Å². The lowest BCUT2D eigenvalue weighted by Crippen LogP contribution is -2.00. The molecule has 3 aromatic heterocycles. The summed E-state index contributed by atoms with van der Waals surface area (Å²) >= 11 is 3.73. The molecular weight excluding hydrogens is 719 g/mol. The largest absolute Gasteiger partial charge is 0.208 e. The molecular formula is C51H31N3S2. The molecule has 262 valence electrons. The second-order valence-electron chi connectivity index (χ2n) is 13.9. The lowest BCUT2D eigenvalue weighted by Gasteiger charge is -2.10. The first-order chi connectivity index (χ1) is 27.7. The van der Waals surface area contributed by atoms with Gasteiger partial charge in [0.2, 0.25) is 0 Å². The maximum absolute atomic E-state index is 5.10. The van der Waals surface area contributed by atoms with Gasteiger partial charge in [-0.1, -0.05) is 176 Å². The van der Waals surface area contributed by atoms with Crippen molar-refractivity contribution in [1.29, 1.82) is 0 Å². The molecule has 3 heterocycles. The van der Waals surface area contributed by atoms with E-state index in [-0.39, 0.29) is 0 Å². The summed E-state index contributed by atoms with van der Waals surface area (Å²) in [6.45, 7) is 0. The predicted molar refractivity (Wildman–Crippen MR) is 238 cm³/mol. The minimum atomic E-state index is 0.651. The molecule has 3 nitrogen and oxygen atoms in total. The Morgan fingerprint density at radius 3 is 1.54 bits per heavy atom. The highest BCUT2D eigenvalue weighted by Crippen LogP contribution is 2.48. The highest BCUT2D eigenvalue weighted by atomic mass is 32.1. The molecule has 0 saturated carbocycles.